The molecule has 8 nitrogen and oxygen atoms in total. The van der Waals surface area contributed by atoms with Gasteiger partial charge in [-0.05, 0) is 79.6 Å². The fourth-order valence-corrected chi connectivity index (χ4v) is 7.01. The zero-order chi connectivity index (χ0) is 25.3. The lowest BCUT2D eigenvalue weighted by atomic mass is 9.94. The predicted octanol–water partition coefficient (Wildman–Crippen LogP) is 4.59. The van der Waals surface area contributed by atoms with Crippen molar-refractivity contribution in [1.29, 1.82) is 0 Å². The molecule has 36 heavy (non-hydrogen) atoms. The van der Waals surface area contributed by atoms with Crippen molar-refractivity contribution in [3.63, 3.8) is 0 Å². The Hall–Kier alpha value is -3.04. The molecule has 2 atom stereocenters. The fourth-order valence-electron chi connectivity index (χ4n) is 5.33. The number of amides is 1. The Kier molecular flexibility index (Phi) is 6.94. The first-order chi connectivity index (χ1) is 17.3. The Balaban J connectivity index is 1.26. The predicted molar refractivity (Wildman–Crippen MR) is 139 cm³/mol. The van der Waals surface area contributed by atoms with Crippen molar-refractivity contribution < 1.29 is 13.2 Å². The van der Waals surface area contributed by atoms with Gasteiger partial charge >= 0.3 is 0 Å². The van der Waals surface area contributed by atoms with E-state index < -0.39 is 10.0 Å². The molecule has 1 amide bonds. The Morgan fingerprint density at radius 2 is 1.61 bits per heavy atom. The summed E-state index contributed by atoms with van der Waals surface area (Å²) in [7, 11) is -3.58. The first kappa shape index (κ1) is 24.6. The third kappa shape index (κ3) is 5.08. The van der Waals surface area contributed by atoms with Gasteiger partial charge in [0.25, 0.3) is 5.91 Å². The number of hydrogen-bond acceptors (Lipinski definition) is 5. The largest absolute Gasteiger partial charge is 0.322 e. The molecular formula is C27H33N5O3S. The molecule has 0 bridgehead atoms. The number of sulfonamides is 1. The Bertz CT molecular complexity index is 1320. The molecule has 3 heterocycles. The van der Waals surface area contributed by atoms with E-state index in [1.165, 1.54) is 18.6 Å². The number of piperidine rings is 1. The van der Waals surface area contributed by atoms with E-state index in [0.717, 1.165) is 49.4 Å². The van der Waals surface area contributed by atoms with Gasteiger partial charge in [-0.25, -0.2) is 8.42 Å². The molecule has 0 saturated carbocycles. The second-order valence-corrected chi connectivity index (χ2v) is 12.2. The van der Waals surface area contributed by atoms with Gasteiger partial charge < -0.3 is 9.88 Å². The van der Waals surface area contributed by atoms with Gasteiger partial charge in [-0.2, -0.15) is 4.31 Å². The Morgan fingerprint density at radius 1 is 0.917 bits per heavy atom. The molecule has 190 valence electrons. The van der Waals surface area contributed by atoms with Gasteiger partial charge in [-0.3, -0.25) is 4.79 Å². The number of rotatable bonds is 5. The lowest BCUT2D eigenvalue weighted by Gasteiger charge is -2.34. The van der Waals surface area contributed by atoms with Crippen LogP contribution < -0.4 is 5.32 Å². The molecule has 3 aromatic rings. The van der Waals surface area contributed by atoms with Crippen molar-refractivity contribution >= 4 is 21.6 Å². The van der Waals surface area contributed by atoms with E-state index in [4.69, 9.17) is 0 Å². The van der Waals surface area contributed by atoms with Crippen LogP contribution in [0, 0.1) is 11.8 Å². The van der Waals surface area contributed by atoms with E-state index in [-0.39, 0.29) is 10.8 Å². The van der Waals surface area contributed by atoms with Crippen molar-refractivity contribution in [2.75, 3.05) is 18.4 Å². The number of carbonyl (C=O) groups is 1. The van der Waals surface area contributed by atoms with E-state index in [0.29, 0.717) is 36.2 Å². The number of nitrogens with zero attached hydrogens (tertiary/aromatic N) is 4. The highest BCUT2D eigenvalue weighted by Gasteiger charge is 2.31. The van der Waals surface area contributed by atoms with Crippen LogP contribution >= 0.6 is 0 Å². The molecule has 1 fully saturated rings. The normalized spacial score (nSPS) is 20.9. The highest BCUT2D eigenvalue weighted by atomic mass is 32.2. The van der Waals surface area contributed by atoms with Gasteiger partial charge in [0.2, 0.25) is 10.0 Å². The number of anilines is 1. The molecule has 2 aromatic carbocycles. The van der Waals surface area contributed by atoms with Crippen LogP contribution in [0.5, 0.6) is 0 Å². The standard InChI is InChI=1S/C27H33N5O3S/c1-19-16-20(2)18-31(17-19)36(34,35)24-13-9-22(10-14-24)27(33)28-23-11-7-21(8-12-23)26-30-29-25-6-4-3-5-15-32(25)26/h7-14,19-20H,3-6,15-18H2,1-2H3,(H,28,33)/t19-,20-/m1/s1. The quantitative estimate of drug-likeness (QED) is 0.545. The lowest BCUT2D eigenvalue weighted by molar-refractivity contribution is 0.102. The summed E-state index contributed by atoms with van der Waals surface area (Å²) in [4.78, 5) is 13.0. The van der Waals surface area contributed by atoms with Gasteiger partial charge in [-0.1, -0.05) is 20.3 Å². The van der Waals surface area contributed by atoms with Crippen LogP contribution in [-0.2, 0) is 23.0 Å². The molecule has 2 aliphatic rings. The average molecular weight is 508 g/mol. The van der Waals surface area contributed by atoms with Gasteiger partial charge in [0, 0.05) is 42.9 Å². The van der Waals surface area contributed by atoms with Crippen LogP contribution in [0.3, 0.4) is 0 Å². The zero-order valence-corrected chi connectivity index (χ0v) is 21.7. The van der Waals surface area contributed by atoms with Crippen molar-refractivity contribution in [2.45, 2.75) is 57.4 Å². The topological polar surface area (TPSA) is 97.2 Å². The zero-order valence-electron chi connectivity index (χ0n) is 20.9. The summed E-state index contributed by atoms with van der Waals surface area (Å²) in [6.07, 6.45) is 5.47. The van der Waals surface area contributed by atoms with Crippen LogP contribution in [0.4, 0.5) is 5.69 Å². The third-order valence-corrected chi connectivity index (χ3v) is 8.95. The second-order valence-electron chi connectivity index (χ2n) is 10.2. The van der Waals surface area contributed by atoms with Crippen molar-refractivity contribution in [3.05, 3.63) is 59.9 Å². The summed E-state index contributed by atoms with van der Waals surface area (Å²) in [6.45, 7) is 6.15. The number of hydrogen-bond donors (Lipinski definition) is 1. The molecular weight excluding hydrogens is 474 g/mol. The molecule has 0 unspecified atom stereocenters. The Labute approximate surface area is 212 Å². The maximum atomic E-state index is 13.1. The number of benzene rings is 2. The first-order valence-corrected chi connectivity index (χ1v) is 14.2. The molecule has 5 rings (SSSR count). The van der Waals surface area contributed by atoms with E-state index in [9.17, 15) is 13.2 Å². The molecule has 1 aromatic heterocycles. The summed E-state index contributed by atoms with van der Waals surface area (Å²) in [5.41, 5.74) is 2.03. The molecule has 0 spiro atoms. The maximum absolute atomic E-state index is 13.1. The number of aryl methyl sites for hydroxylation is 1. The van der Waals surface area contributed by atoms with E-state index >= 15 is 0 Å². The molecule has 0 radical (unpaired) electrons. The number of nitrogens with one attached hydrogen (secondary N) is 1. The highest BCUT2D eigenvalue weighted by molar-refractivity contribution is 7.89. The summed E-state index contributed by atoms with van der Waals surface area (Å²) < 4.78 is 30.0. The monoisotopic (exact) mass is 507 g/mol. The van der Waals surface area contributed by atoms with Crippen molar-refractivity contribution in [2.24, 2.45) is 11.8 Å². The van der Waals surface area contributed by atoms with Crippen LogP contribution in [-0.4, -0.2) is 46.5 Å². The first-order valence-electron chi connectivity index (χ1n) is 12.8. The smallest absolute Gasteiger partial charge is 0.255 e. The molecule has 1 saturated heterocycles. The van der Waals surface area contributed by atoms with Crippen LogP contribution in [0.25, 0.3) is 11.4 Å². The number of aromatic nitrogens is 3. The minimum absolute atomic E-state index is 0.220. The number of fused-ring (bicyclic) bond motifs is 1. The maximum Gasteiger partial charge on any atom is 0.255 e. The summed E-state index contributed by atoms with van der Waals surface area (Å²) in [6, 6.07) is 13.8. The van der Waals surface area contributed by atoms with Crippen molar-refractivity contribution in [3.8, 4) is 11.4 Å². The molecule has 9 heteroatoms. The second kappa shape index (κ2) is 10.1. The van der Waals surface area contributed by atoms with Gasteiger partial charge in [-0.15, -0.1) is 10.2 Å². The number of carbonyl (C=O) groups excluding carboxylic acids is 1. The van der Waals surface area contributed by atoms with Gasteiger partial charge in [0.1, 0.15) is 5.82 Å². The summed E-state index contributed by atoms with van der Waals surface area (Å²) >= 11 is 0. The molecule has 0 aliphatic carbocycles. The Morgan fingerprint density at radius 3 is 2.31 bits per heavy atom. The van der Waals surface area contributed by atoms with Crippen LogP contribution in [0.2, 0.25) is 0 Å². The van der Waals surface area contributed by atoms with Gasteiger partial charge in [0.15, 0.2) is 5.82 Å². The minimum Gasteiger partial charge on any atom is -0.322 e. The highest BCUT2D eigenvalue weighted by Crippen LogP contribution is 2.27. The fraction of sp³-hybridized carbons (Fsp3) is 0.444. The SMILES string of the molecule is C[C@@H]1C[C@@H](C)CN(S(=O)(=O)c2ccc(C(=O)Nc3ccc(-c4nnc5n4CCCCC5)cc3)cc2)C1. The molecule has 2 aliphatic heterocycles. The van der Waals surface area contributed by atoms with Crippen molar-refractivity contribution in [1.82, 2.24) is 19.1 Å². The van der Waals surface area contributed by atoms with Crippen LogP contribution in [0.1, 0.15) is 55.7 Å². The van der Waals surface area contributed by atoms with E-state index in [1.54, 1.807) is 16.4 Å². The van der Waals surface area contributed by atoms with Crippen LogP contribution in [0.15, 0.2) is 53.4 Å². The average Bonchev–Trinajstić information content (AvgIpc) is 3.11. The van der Waals surface area contributed by atoms with E-state index in [2.05, 4.69) is 33.9 Å². The molecule has 1 N–H and O–H groups in total. The third-order valence-electron chi connectivity index (χ3n) is 7.10. The minimum atomic E-state index is -3.58. The lowest BCUT2D eigenvalue weighted by Crippen LogP contribution is -2.42. The summed E-state index contributed by atoms with van der Waals surface area (Å²) in [5.74, 6) is 2.27. The van der Waals surface area contributed by atoms with E-state index in [1.807, 2.05) is 24.3 Å². The summed E-state index contributed by atoms with van der Waals surface area (Å²) in [5, 5.41) is 11.6. The van der Waals surface area contributed by atoms with Gasteiger partial charge in [0.05, 0.1) is 4.90 Å².